The molecule has 0 atom stereocenters. The van der Waals surface area contributed by atoms with E-state index in [-0.39, 0.29) is 5.91 Å². The molecule has 10 nitrogen and oxygen atoms in total. The summed E-state index contributed by atoms with van der Waals surface area (Å²) in [5, 5.41) is 9.39. The van der Waals surface area contributed by atoms with Crippen molar-refractivity contribution in [2.45, 2.75) is 19.8 Å². The monoisotopic (exact) mass is 580 g/mol. The van der Waals surface area contributed by atoms with Crippen molar-refractivity contribution in [3.8, 4) is 28.8 Å². The van der Waals surface area contributed by atoms with Crippen LogP contribution in [0.25, 0.3) is 22.8 Å². The van der Waals surface area contributed by atoms with Crippen molar-refractivity contribution < 1.29 is 18.7 Å². The molecule has 0 fully saturated rings. The van der Waals surface area contributed by atoms with Gasteiger partial charge in [-0.05, 0) is 54.3 Å². The van der Waals surface area contributed by atoms with Crippen LogP contribution in [-0.4, -0.2) is 63.6 Å². The van der Waals surface area contributed by atoms with Crippen LogP contribution in [0.1, 0.15) is 24.6 Å². The van der Waals surface area contributed by atoms with Crippen molar-refractivity contribution in [1.29, 1.82) is 0 Å². The van der Waals surface area contributed by atoms with Gasteiger partial charge in [-0.3, -0.25) is 19.1 Å². The molecule has 4 heterocycles. The number of para-hydroxylation sites is 1. The van der Waals surface area contributed by atoms with Gasteiger partial charge in [-0.2, -0.15) is 0 Å². The first kappa shape index (κ1) is 27.6. The molecule has 208 valence electrons. The van der Waals surface area contributed by atoms with Gasteiger partial charge in [0.15, 0.2) is 5.76 Å². The summed E-state index contributed by atoms with van der Waals surface area (Å²) in [6.07, 6.45) is 6.80. The quantitative estimate of drug-likeness (QED) is 0.191. The van der Waals surface area contributed by atoms with E-state index in [1.165, 1.54) is 11.9 Å². The number of methoxy groups -OCH3 is 2. The summed E-state index contributed by atoms with van der Waals surface area (Å²) in [5.41, 5.74) is 3.78. The van der Waals surface area contributed by atoms with Gasteiger partial charge in [0.25, 0.3) is 0 Å². The summed E-state index contributed by atoms with van der Waals surface area (Å²) in [7, 11) is 3.21. The third-order valence-electron chi connectivity index (χ3n) is 6.57. The average molecular weight is 581 g/mol. The van der Waals surface area contributed by atoms with E-state index in [9.17, 15) is 4.79 Å². The van der Waals surface area contributed by atoms with Crippen LogP contribution < -0.4 is 14.2 Å². The van der Waals surface area contributed by atoms with E-state index in [2.05, 4.69) is 26.0 Å². The zero-order valence-corrected chi connectivity index (χ0v) is 24.0. The van der Waals surface area contributed by atoms with E-state index in [0.29, 0.717) is 65.0 Å². The second-order valence-corrected chi connectivity index (χ2v) is 10.3. The Bertz CT molecular complexity index is 1500. The molecular weight excluding hydrogens is 552 g/mol. The zero-order chi connectivity index (χ0) is 28.1. The smallest absolute Gasteiger partial charge is 0.239 e. The Hall–Kier alpha value is -3.96. The number of carbonyl (C=O) groups is 1. The number of furan rings is 1. The van der Waals surface area contributed by atoms with Gasteiger partial charge in [-0.15, -0.1) is 10.2 Å². The highest BCUT2D eigenvalue weighted by atomic mass is 35.5. The summed E-state index contributed by atoms with van der Waals surface area (Å²) < 4.78 is 22.1. The summed E-state index contributed by atoms with van der Waals surface area (Å²) >= 11 is 7.79. The van der Waals surface area contributed by atoms with Gasteiger partial charge in [-0.1, -0.05) is 23.7 Å². The minimum Gasteiger partial charge on any atom is -0.494 e. The second kappa shape index (κ2) is 12.5. The maximum atomic E-state index is 11.7. The Morgan fingerprint density at radius 2 is 1.98 bits per heavy atom. The SMILES string of the molecule is COc1cccc(OC)c1-n1c(NSCCc2ncc(Cl)cc2C2=CCN(C(C)=O)CC2)nnc1-c1ccco1. The number of halogens is 1. The highest BCUT2D eigenvalue weighted by Gasteiger charge is 2.24. The lowest BCUT2D eigenvalue weighted by Gasteiger charge is -2.26. The van der Waals surface area contributed by atoms with Crippen LogP contribution in [0.4, 0.5) is 5.95 Å². The fourth-order valence-electron chi connectivity index (χ4n) is 4.59. The molecule has 0 unspecified atom stereocenters. The van der Waals surface area contributed by atoms with Gasteiger partial charge in [0.2, 0.25) is 17.7 Å². The number of aryl methyl sites for hydroxylation is 1. The number of pyridine rings is 1. The number of hydrogen-bond donors (Lipinski definition) is 1. The number of rotatable bonds is 10. The summed E-state index contributed by atoms with van der Waals surface area (Å²) in [6, 6.07) is 11.1. The molecule has 1 aliphatic rings. The Kier molecular flexibility index (Phi) is 8.61. The van der Waals surface area contributed by atoms with Crippen LogP contribution in [0, 0.1) is 0 Å². The number of aromatic nitrogens is 4. The van der Waals surface area contributed by atoms with E-state index >= 15 is 0 Å². The van der Waals surface area contributed by atoms with E-state index in [4.69, 9.17) is 25.5 Å². The van der Waals surface area contributed by atoms with E-state index < -0.39 is 0 Å². The van der Waals surface area contributed by atoms with Gasteiger partial charge in [0.1, 0.15) is 17.2 Å². The van der Waals surface area contributed by atoms with Crippen LogP contribution in [0.15, 0.2) is 59.4 Å². The number of benzene rings is 1. The van der Waals surface area contributed by atoms with E-state index in [1.54, 1.807) is 39.7 Å². The summed E-state index contributed by atoms with van der Waals surface area (Å²) in [4.78, 5) is 18.2. The first-order valence-corrected chi connectivity index (χ1v) is 14.0. The molecule has 5 rings (SSSR count). The lowest BCUT2D eigenvalue weighted by atomic mass is 9.97. The number of carbonyl (C=O) groups excluding carboxylic acids is 1. The third-order valence-corrected chi connectivity index (χ3v) is 7.51. The molecule has 3 aromatic heterocycles. The van der Waals surface area contributed by atoms with Gasteiger partial charge >= 0.3 is 0 Å². The third kappa shape index (κ3) is 5.80. The van der Waals surface area contributed by atoms with Crippen LogP contribution in [0.5, 0.6) is 11.5 Å². The topological polar surface area (TPSA) is 108 Å². The van der Waals surface area contributed by atoms with E-state index in [0.717, 1.165) is 23.3 Å². The Morgan fingerprint density at radius 3 is 2.62 bits per heavy atom. The zero-order valence-electron chi connectivity index (χ0n) is 22.4. The van der Waals surface area contributed by atoms with Crippen molar-refractivity contribution in [3.05, 3.63) is 71.2 Å². The normalized spacial score (nSPS) is 13.2. The molecule has 0 spiro atoms. The molecule has 0 bridgehead atoms. The molecule has 1 aliphatic heterocycles. The average Bonchev–Trinajstić information content (AvgIpc) is 3.65. The van der Waals surface area contributed by atoms with Crippen molar-refractivity contribution in [1.82, 2.24) is 24.6 Å². The number of ether oxygens (including phenoxy) is 2. The predicted octanol–water partition coefficient (Wildman–Crippen LogP) is 5.53. The molecule has 4 aromatic rings. The lowest BCUT2D eigenvalue weighted by Crippen LogP contribution is -2.32. The molecule has 0 aliphatic carbocycles. The molecule has 0 radical (unpaired) electrons. The van der Waals surface area contributed by atoms with Gasteiger partial charge in [-0.25, -0.2) is 0 Å². The Morgan fingerprint density at radius 1 is 1.18 bits per heavy atom. The van der Waals surface area contributed by atoms with Crippen molar-refractivity contribution >= 4 is 41.0 Å². The number of anilines is 1. The Balaban J connectivity index is 1.36. The lowest BCUT2D eigenvalue weighted by molar-refractivity contribution is -0.128. The van der Waals surface area contributed by atoms with Crippen LogP contribution in [0.2, 0.25) is 5.02 Å². The fraction of sp³-hybridized carbons (Fsp3) is 0.286. The summed E-state index contributed by atoms with van der Waals surface area (Å²) in [6.45, 7) is 2.87. The number of amides is 1. The standard InChI is InChI=1S/C28H29ClN6O4S/c1-18(36)34-12-9-19(10-13-34)21-16-20(29)17-30-22(21)11-15-40-33-28-32-31-27(25-8-5-14-39-25)35(28)26-23(37-2)6-4-7-24(26)38-3/h4-9,14,16-17H,10-13,15H2,1-3H3,(H,32,33). The van der Waals surface area contributed by atoms with Gasteiger partial charge < -0.3 is 18.8 Å². The van der Waals surface area contributed by atoms with Crippen molar-refractivity contribution in [2.75, 3.05) is 37.8 Å². The Labute approximate surface area is 241 Å². The molecule has 1 amide bonds. The first-order valence-electron chi connectivity index (χ1n) is 12.7. The number of nitrogens with zero attached hydrogens (tertiary/aromatic N) is 5. The molecule has 1 N–H and O–H groups in total. The molecule has 0 saturated heterocycles. The molecule has 1 aromatic carbocycles. The maximum Gasteiger partial charge on any atom is 0.239 e. The van der Waals surface area contributed by atoms with Gasteiger partial charge in [0.05, 0.1) is 25.5 Å². The van der Waals surface area contributed by atoms with Crippen molar-refractivity contribution in [3.63, 3.8) is 0 Å². The number of hydrogen-bond acceptors (Lipinski definition) is 9. The molecule has 40 heavy (non-hydrogen) atoms. The second-order valence-electron chi connectivity index (χ2n) is 8.96. The number of nitrogens with one attached hydrogen (secondary N) is 1. The highest BCUT2D eigenvalue weighted by Crippen LogP contribution is 2.38. The van der Waals surface area contributed by atoms with E-state index in [1.807, 2.05) is 39.8 Å². The maximum absolute atomic E-state index is 11.7. The molecule has 0 saturated carbocycles. The molecular formula is C28H29ClN6O4S. The van der Waals surface area contributed by atoms with Crippen molar-refractivity contribution in [2.24, 2.45) is 0 Å². The van der Waals surface area contributed by atoms with Crippen LogP contribution >= 0.6 is 23.5 Å². The summed E-state index contributed by atoms with van der Waals surface area (Å²) in [5.74, 6) is 3.51. The first-order chi connectivity index (χ1) is 19.5. The largest absolute Gasteiger partial charge is 0.494 e. The minimum absolute atomic E-state index is 0.0796. The predicted molar refractivity (Wildman–Crippen MR) is 156 cm³/mol. The fourth-order valence-corrected chi connectivity index (χ4v) is 5.40. The molecule has 12 heteroatoms. The van der Waals surface area contributed by atoms with Gasteiger partial charge in [0, 0.05) is 49.6 Å². The highest BCUT2D eigenvalue weighted by molar-refractivity contribution is 8.00. The minimum atomic E-state index is 0.0796. The van der Waals surface area contributed by atoms with Crippen LogP contribution in [-0.2, 0) is 11.2 Å². The van der Waals surface area contributed by atoms with Crippen LogP contribution in [0.3, 0.4) is 0 Å².